The van der Waals surface area contributed by atoms with Crippen LogP contribution in [0.3, 0.4) is 0 Å². The number of alkyl carbamates (subject to hydrolysis) is 1. The maximum atomic E-state index is 11.7. The second kappa shape index (κ2) is 7.26. The van der Waals surface area contributed by atoms with Gasteiger partial charge >= 0.3 is 12.1 Å². The van der Waals surface area contributed by atoms with E-state index in [4.69, 9.17) is 9.84 Å². The van der Waals surface area contributed by atoms with Crippen LogP contribution in [-0.4, -0.2) is 33.0 Å². The summed E-state index contributed by atoms with van der Waals surface area (Å²) in [6.07, 6.45) is 2.15. The third kappa shape index (κ3) is 4.62. The number of carbonyl (C=O) groups is 2. The summed E-state index contributed by atoms with van der Waals surface area (Å²) in [5.74, 6) is -1.03. The summed E-state index contributed by atoms with van der Waals surface area (Å²) in [7, 11) is 0. The van der Waals surface area contributed by atoms with Gasteiger partial charge in [0, 0.05) is 12.2 Å². The molecular weight excluding hydrogens is 286 g/mol. The zero-order valence-corrected chi connectivity index (χ0v) is 12.1. The molecule has 0 saturated heterocycles. The Morgan fingerprint density at radius 3 is 2.73 bits per heavy atom. The van der Waals surface area contributed by atoms with Crippen LogP contribution >= 0.6 is 0 Å². The first-order valence-electron chi connectivity index (χ1n) is 6.77. The first-order valence-corrected chi connectivity index (χ1v) is 6.77. The van der Waals surface area contributed by atoms with E-state index in [1.54, 1.807) is 6.92 Å². The van der Waals surface area contributed by atoms with Crippen LogP contribution in [0.2, 0.25) is 0 Å². The highest BCUT2D eigenvalue weighted by atomic mass is 16.5. The lowest BCUT2D eigenvalue weighted by molar-refractivity contribution is 0.0696. The van der Waals surface area contributed by atoms with Crippen molar-refractivity contribution in [1.29, 1.82) is 0 Å². The van der Waals surface area contributed by atoms with Crippen molar-refractivity contribution >= 4 is 12.1 Å². The molecule has 22 heavy (non-hydrogen) atoms. The average molecular weight is 303 g/mol. The number of carboxylic acids is 1. The van der Waals surface area contributed by atoms with Crippen LogP contribution in [0.25, 0.3) is 0 Å². The van der Waals surface area contributed by atoms with Crippen molar-refractivity contribution in [2.45, 2.75) is 26.1 Å². The van der Waals surface area contributed by atoms with Crippen molar-refractivity contribution in [3.8, 4) is 0 Å². The number of nitrogens with one attached hydrogen (secondary N) is 1. The molecule has 1 aromatic carbocycles. The van der Waals surface area contributed by atoms with Gasteiger partial charge in [-0.3, -0.25) is 4.68 Å². The van der Waals surface area contributed by atoms with Gasteiger partial charge in [-0.05, 0) is 12.5 Å². The summed E-state index contributed by atoms with van der Waals surface area (Å²) in [5.41, 5.74) is 1.02. The molecule has 2 rings (SSSR count). The molecule has 2 aromatic rings. The van der Waals surface area contributed by atoms with Gasteiger partial charge in [-0.1, -0.05) is 30.3 Å². The van der Waals surface area contributed by atoms with E-state index in [0.29, 0.717) is 6.54 Å². The third-order valence-electron chi connectivity index (χ3n) is 2.92. The lowest BCUT2D eigenvalue weighted by Gasteiger charge is -2.14. The lowest BCUT2D eigenvalue weighted by Crippen LogP contribution is -2.36. The number of hydrogen-bond donors (Lipinski definition) is 2. The lowest BCUT2D eigenvalue weighted by atomic mass is 10.2. The standard InChI is InChI=1S/C15H17N3O4/c1-11(8-18-9-13(7-16-18)14(19)20)17-15(21)22-10-12-5-3-2-4-6-12/h2-7,9,11H,8,10H2,1H3,(H,17,21)(H,19,20). The molecule has 1 heterocycles. The topological polar surface area (TPSA) is 93.5 Å². The van der Waals surface area contributed by atoms with E-state index in [9.17, 15) is 9.59 Å². The Morgan fingerprint density at radius 2 is 2.09 bits per heavy atom. The van der Waals surface area contributed by atoms with Gasteiger partial charge in [-0.25, -0.2) is 9.59 Å². The number of carbonyl (C=O) groups excluding carboxylic acids is 1. The van der Waals surface area contributed by atoms with Gasteiger partial charge in [0.25, 0.3) is 0 Å². The predicted molar refractivity (Wildman–Crippen MR) is 78.4 cm³/mol. The molecule has 1 atom stereocenters. The van der Waals surface area contributed by atoms with Crippen LogP contribution in [0.5, 0.6) is 0 Å². The van der Waals surface area contributed by atoms with Gasteiger partial charge in [-0.15, -0.1) is 0 Å². The first-order chi connectivity index (χ1) is 10.5. The summed E-state index contributed by atoms with van der Waals surface area (Å²) in [4.78, 5) is 22.4. The molecule has 0 radical (unpaired) electrons. The molecule has 0 saturated carbocycles. The summed E-state index contributed by atoms with van der Waals surface area (Å²) in [5, 5.41) is 15.4. The smallest absolute Gasteiger partial charge is 0.407 e. The number of aromatic carboxylic acids is 1. The summed E-state index contributed by atoms with van der Waals surface area (Å²) in [6, 6.07) is 9.13. The fourth-order valence-electron chi connectivity index (χ4n) is 1.87. The summed E-state index contributed by atoms with van der Waals surface area (Å²) >= 11 is 0. The highest BCUT2D eigenvalue weighted by molar-refractivity contribution is 5.86. The zero-order valence-electron chi connectivity index (χ0n) is 12.1. The SMILES string of the molecule is CC(Cn1cc(C(=O)O)cn1)NC(=O)OCc1ccccc1. The zero-order chi connectivity index (χ0) is 15.9. The highest BCUT2D eigenvalue weighted by Crippen LogP contribution is 2.02. The molecule has 0 fully saturated rings. The van der Waals surface area contributed by atoms with Gasteiger partial charge in [-0.2, -0.15) is 5.10 Å². The molecule has 116 valence electrons. The van der Waals surface area contributed by atoms with Gasteiger partial charge in [0.2, 0.25) is 0 Å². The maximum Gasteiger partial charge on any atom is 0.407 e. The van der Waals surface area contributed by atoms with Gasteiger partial charge in [0.1, 0.15) is 6.61 Å². The Bertz CT molecular complexity index is 639. The van der Waals surface area contributed by atoms with Crippen LogP contribution in [-0.2, 0) is 17.9 Å². The summed E-state index contributed by atoms with van der Waals surface area (Å²) in [6.45, 7) is 2.34. The van der Waals surface area contributed by atoms with E-state index in [2.05, 4.69) is 10.4 Å². The molecule has 7 nitrogen and oxygen atoms in total. The van der Waals surface area contributed by atoms with Gasteiger partial charge in [0.05, 0.1) is 18.3 Å². The second-order valence-corrected chi connectivity index (χ2v) is 4.86. The number of rotatable bonds is 6. The van der Waals surface area contributed by atoms with E-state index in [1.807, 2.05) is 30.3 Å². The van der Waals surface area contributed by atoms with Crippen molar-refractivity contribution < 1.29 is 19.4 Å². The Morgan fingerprint density at radius 1 is 1.36 bits per heavy atom. The second-order valence-electron chi connectivity index (χ2n) is 4.86. The fraction of sp³-hybridized carbons (Fsp3) is 0.267. The Labute approximate surface area is 127 Å². The fourth-order valence-corrected chi connectivity index (χ4v) is 1.87. The number of ether oxygens (including phenoxy) is 1. The molecule has 0 aliphatic heterocycles. The average Bonchev–Trinajstić information content (AvgIpc) is 2.95. The number of carboxylic acid groups (broad SMARTS) is 1. The molecule has 2 N–H and O–H groups in total. The number of benzene rings is 1. The van der Waals surface area contributed by atoms with Crippen LogP contribution in [0.15, 0.2) is 42.7 Å². The van der Waals surface area contributed by atoms with E-state index in [0.717, 1.165) is 5.56 Å². The number of nitrogens with zero attached hydrogens (tertiary/aromatic N) is 2. The molecule has 0 aliphatic carbocycles. The van der Waals surface area contributed by atoms with Gasteiger partial charge in [0.15, 0.2) is 0 Å². The van der Waals surface area contributed by atoms with Crippen molar-refractivity contribution in [1.82, 2.24) is 15.1 Å². The monoisotopic (exact) mass is 303 g/mol. The van der Waals surface area contributed by atoms with Gasteiger partial charge < -0.3 is 15.2 Å². The molecule has 1 aromatic heterocycles. The normalized spacial score (nSPS) is 11.7. The minimum Gasteiger partial charge on any atom is -0.478 e. The molecule has 0 aliphatic rings. The van der Waals surface area contributed by atoms with Crippen molar-refractivity contribution in [3.05, 3.63) is 53.9 Å². The highest BCUT2D eigenvalue weighted by Gasteiger charge is 2.11. The van der Waals surface area contributed by atoms with Crippen molar-refractivity contribution in [3.63, 3.8) is 0 Å². The van der Waals surface area contributed by atoms with Crippen LogP contribution < -0.4 is 5.32 Å². The quantitative estimate of drug-likeness (QED) is 0.850. The van der Waals surface area contributed by atoms with E-state index >= 15 is 0 Å². The van der Waals surface area contributed by atoms with E-state index < -0.39 is 12.1 Å². The molecule has 7 heteroatoms. The molecule has 1 unspecified atom stereocenters. The van der Waals surface area contributed by atoms with E-state index in [-0.39, 0.29) is 18.2 Å². The van der Waals surface area contributed by atoms with E-state index in [1.165, 1.54) is 17.1 Å². The minimum atomic E-state index is -1.03. The number of aromatic nitrogens is 2. The minimum absolute atomic E-state index is 0.110. The maximum absolute atomic E-state index is 11.7. The van der Waals surface area contributed by atoms with Crippen molar-refractivity contribution in [2.75, 3.05) is 0 Å². The first kappa shape index (κ1) is 15.6. The predicted octanol–water partition coefficient (Wildman–Crippen LogP) is 1.90. The number of hydrogen-bond acceptors (Lipinski definition) is 4. The molecular formula is C15H17N3O4. The van der Waals surface area contributed by atoms with Crippen LogP contribution in [0.1, 0.15) is 22.8 Å². The number of amides is 1. The van der Waals surface area contributed by atoms with Crippen molar-refractivity contribution in [2.24, 2.45) is 0 Å². The van der Waals surface area contributed by atoms with Crippen LogP contribution in [0, 0.1) is 0 Å². The summed E-state index contributed by atoms with van der Waals surface area (Å²) < 4.78 is 6.57. The Hall–Kier alpha value is -2.83. The van der Waals surface area contributed by atoms with Crippen LogP contribution in [0.4, 0.5) is 4.79 Å². The molecule has 0 spiro atoms. The Balaban J connectivity index is 1.77. The largest absolute Gasteiger partial charge is 0.478 e. The third-order valence-corrected chi connectivity index (χ3v) is 2.92. The molecule has 0 bridgehead atoms. The Kier molecular flexibility index (Phi) is 5.13. The molecule has 1 amide bonds.